The molecule has 160 valence electrons. The van der Waals surface area contributed by atoms with Gasteiger partial charge in [-0.3, -0.25) is 9.78 Å². The number of nitrogens with zero attached hydrogens (tertiary/aromatic N) is 2. The normalized spacial score (nSPS) is 30.9. The third-order valence-corrected chi connectivity index (χ3v) is 6.98. The maximum atomic E-state index is 13.0. The Morgan fingerprint density at radius 3 is 2.76 bits per heavy atom. The van der Waals surface area contributed by atoms with Gasteiger partial charge in [0.1, 0.15) is 5.75 Å². The zero-order chi connectivity index (χ0) is 20.4. The van der Waals surface area contributed by atoms with Crippen LogP contribution in [0.3, 0.4) is 0 Å². The smallest absolute Gasteiger partial charge is 0.260 e. The summed E-state index contributed by atoms with van der Waals surface area (Å²) in [7, 11) is -3.38. The summed E-state index contributed by atoms with van der Waals surface area (Å²) in [4.78, 5) is 18.9. The quantitative estimate of drug-likeness (QED) is 0.773. The van der Waals surface area contributed by atoms with Gasteiger partial charge in [-0.05, 0) is 50.5 Å². The SMILES string of the molecule is CS(=O)(=O)NC1CCCN2C(=O)COc3cnccc3C3CCC(CC3)OC[C@@H]12. The van der Waals surface area contributed by atoms with E-state index in [-0.39, 0.29) is 30.7 Å². The van der Waals surface area contributed by atoms with E-state index in [4.69, 9.17) is 9.47 Å². The van der Waals surface area contributed by atoms with Gasteiger partial charge in [-0.1, -0.05) is 0 Å². The molecule has 1 unspecified atom stereocenters. The highest BCUT2D eigenvalue weighted by Gasteiger charge is 2.37. The van der Waals surface area contributed by atoms with Crippen LogP contribution in [0.1, 0.15) is 50.0 Å². The minimum atomic E-state index is -3.38. The van der Waals surface area contributed by atoms with Crippen LogP contribution in [-0.4, -0.2) is 68.4 Å². The molecule has 1 saturated heterocycles. The molecule has 2 atom stereocenters. The van der Waals surface area contributed by atoms with Crippen molar-refractivity contribution in [3.63, 3.8) is 0 Å². The number of pyridine rings is 1. The predicted molar refractivity (Wildman–Crippen MR) is 107 cm³/mol. The average molecular weight is 424 g/mol. The molecule has 1 aliphatic carbocycles. The Hall–Kier alpha value is -1.71. The molecular formula is C20H29N3O5S. The van der Waals surface area contributed by atoms with Gasteiger partial charge in [-0.25, -0.2) is 13.1 Å². The van der Waals surface area contributed by atoms with Crippen LogP contribution in [0.15, 0.2) is 18.5 Å². The van der Waals surface area contributed by atoms with E-state index >= 15 is 0 Å². The second-order valence-corrected chi connectivity index (χ2v) is 10.1. The first-order valence-electron chi connectivity index (χ1n) is 10.4. The van der Waals surface area contributed by atoms with Gasteiger partial charge in [0, 0.05) is 24.3 Å². The summed E-state index contributed by atoms with van der Waals surface area (Å²) < 4.78 is 38.5. The second-order valence-electron chi connectivity index (χ2n) is 8.30. The number of carbonyl (C=O) groups excluding carboxylic acids is 1. The fourth-order valence-corrected chi connectivity index (χ4v) is 5.66. The number of aromatic nitrogens is 1. The number of amides is 1. The van der Waals surface area contributed by atoms with Gasteiger partial charge in [-0.15, -0.1) is 0 Å². The van der Waals surface area contributed by atoms with Crippen molar-refractivity contribution in [2.45, 2.75) is 62.6 Å². The summed E-state index contributed by atoms with van der Waals surface area (Å²) in [6.07, 6.45) is 10.0. The lowest BCUT2D eigenvalue weighted by atomic mass is 9.82. The van der Waals surface area contributed by atoms with Crippen LogP contribution in [0.25, 0.3) is 0 Å². The zero-order valence-corrected chi connectivity index (χ0v) is 17.6. The molecule has 4 aliphatic rings. The van der Waals surface area contributed by atoms with Crippen molar-refractivity contribution < 1.29 is 22.7 Å². The van der Waals surface area contributed by atoms with Gasteiger partial charge >= 0.3 is 0 Å². The molecule has 0 radical (unpaired) electrons. The molecule has 2 fully saturated rings. The molecule has 1 amide bonds. The maximum absolute atomic E-state index is 13.0. The van der Waals surface area contributed by atoms with Crippen LogP contribution in [0.5, 0.6) is 5.75 Å². The van der Waals surface area contributed by atoms with Crippen LogP contribution in [0.4, 0.5) is 0 Å². The highest BCUT2D eigenvalue weighted by Crippen LogP contribution is 2.38. The lowest BCUT2D eigenvalue weighted by Gasteiger charge is -2.41. The van der Waals surface area contributed by atoms with Crippen molar-refractivity contribution in [2.75, 3.05) is 26.0 Å². The zero-order valence-electron chi connectivity index (χ0n) is 16.7. The molecular weight excluding hydrogens is 394 g/mol. The molecule has 8 nitrogen and oxygen atoms in total. The predicted octanol–water partition coefficient (Wildman–Crippen LogP) is 1.43. The van der Waals surface area contributed by atoms with E-state index in [1.165, 1.54) is 0 Å². The van der Waals surface area contributed by atoms with Crippen LogP contribution >= 0.6 is 0 Å². The number of hydrogen-bond acceptors (Lipinski definition) is 6. The van der Waals surface area contributed by atoms with Crippen molar-refractivity contribution in [2.24, 2.45) is 0 Å². The number of ether oxygens (including phenoxy) is 2. The van der Waals surface area contributed by atoms with E-state index in [0.29, 0.717) is 31.2 Å². The van der Waals surface area contributed by atoms with Crippen molar-refractivity contribution in [1.29, 1.82) is 0 Å². The second kappa shape index (κ2) is 8.57. The fraction of sp³-hybridized carbons (Fsp3) is 0.700. The largest absolute Gasteiger partial charge is 0.482 e. The number of piperidine rings is 1. The van der Waals surface area contributed by atoms with Crippen LogP contribution < -0.4 is 9.46 Å². The first-order chi connectivity index (χ1) is 13.9. The molecule has 9 heteroatoms. The minimum Gasteiger partial charge on any atom is -0.482 e. The van der Waals surface area contributed by atoms with E-state index in [9.17, 15) is 13.2 Å². The topological polar surface area (TPSA) is 97.8 Å². The summed E-state index contributed by atoms with van der Waals surface area (Å²) in [5.74, 6) is 0.898. The third-order valence-electron chi connectivity index (χ3n) is 6.25. The molecule has 5 rings (SSSR count). The summed E-state index contributed by atoms with van der Waals surface area (Å²) >= 11 is 0. The lowest BCUT2D eigenvalue weighted by Crippen LogP contribution is -2.59. The Morgan fingerprint density at radius 2 is 2.00 bits per heavy atom. The van der Waals surface area contributed by atoms with Crippen molar-refractivity contribution in [3.05, 3.63) is 24.0 Å². The molecule has 1 saturated carbocycles. The molecule has 4 heterocycles. The number of rotatable bonds is 2. The van der Waals surface area contributed by atoms with Crippen LogP contribution in [0.2, 0.25) is 0 Å². The number of carbonyl (C=O) groups is 1. The van der Waals surface area contributed by atoms with E-state index in [1.807, 2.05) is 6.07 Å². The molecule has 0 spiro atoms. The van der Waals surface area contributed by atoms with Crippen LogP contribution in [-0.2, 0) is 19.6 Å². The molecule has 1 aromatic rings. The van der Waals surface area contributed by atoms with Gasteiger partial charge in [0.25, 0.3) is 5.91 Å². The van der Waals surface area contributed by atoms with Crippen LogP contribution in [0, 0.1) is 0 Å². The summed E-state index contributed by atoms with van der Waals surface area (Å²) in [5, 5.41) is 0. The van der Waals surface area contributed by atoms with E-state index in [0.717, 1.165) is 43.9 Å². The van der Waals surface area contributed by atoms with Crippen molar-refractivity contribution >= 4 is 15.9 Å². The van der Waals surface area contributed by atoms with E-state index in [2.05, 4.69) is 9.71 Å². The van der Waals surface area contributed by atoms with E-state index < -0.39 is 10.0 Å². The summed E-state index contributed by atoms with van der Waals surface area (Å²) in [6, 6.07) is 1.31. The third kappa shape index (κ3) is 4.90. The van der Waals surface area contributed by atoms with Gasteiger partial charge < -0.3 is 14.4 Å². The minimum absolute atomic E-state index is 0.0864. The van der Waals surface area contributed by atoms with Gasteiger partial charge in [0.2, 0.25) is 10.0 Å². The molecule has 2 bridgehead atoms. The van der Waals surface area contributed by atoms with E-state index in [1.54, 1.807) is 17.3 Å². The maximum Gasteiger partial charge on any atom is 0.260 e. The lowest BCUT2D eigenvalue weighted by molar-refractivity contribution is -0.140. The number of fused-ring (bicyclic) bond motifs is 5. The van der Waals surface area contributed by atoms with Gasteiger partial charge in [-0.2, -0.15) is 0 Å². The Bertz CT molecular complexity index is 838. The van der Waals surface area contributed by atoms with Gasteiger partial charge in [0.05, 0.1) is 31.2 Å². The first kappa shape index (κ1) is 20.6. The number of nitrogens with one attached hydrogen (secondary N) is 1. The monoisotopic (exact) mass is 423 g/mol. The van der Waals surface area contributed by atoms with Crippen molar-refractivity contribution in [1.82, 2.24) is 14.6 Å². The molecule has 3 aliphatic heterocycles. The fourth-order valence-electron chi connectivity index (χ4n) is 4.83. The molecule has 1 N–H and O–H groups in total. The first-order valence-corrected chi connectivity index (χ1v) is 12.2. The number of sulfonamides is 1. The van der Waals surface area contributed by atoms with Gasteiger partial charge in [0.15, 0.2) is 6.61 Å². The summed E-state index contributed by atoms with van der Waals surface area (Å²) in [5.41, 5.74) is 1.11. The Labute approximate surface area is 172 Å². The Balaban J connectivity index is 1.61. The highest BCUT2D eigenvalue weighted by molar-refractivity contribution is 7.88. The standard InChI is InChI=1S/C20H29N3O5S/c1-29(25,26)22-17-3-2-10-23-18(17)12-27-15-6-4-14(5-7-15)16-8-9-21-11-19(16)28-13-20(23)24/h8-9,11,14-15,17-18,22H,2-7,10,12-13H2,1H3/t14?,15?,17?,18-/m0/s1. The summed E-state index contributed by atoms with van der Waals surface area (Å²) in [6.45, 7) is 0.824. The Kier molecular flexibility index (Phi) is 6.08. The molecule has 29 heavy (non-hydrogen) atoms. The highest BCUT2D eigenvalue weighted by atomic mass is 32.2. The average Bonchev–Trinajstić information content (AvgIpc) is 2.71. The molecule has 0 aromatic carbocycles. The van der Waals surface area contributed by atoms with Crippen molar-refractivity contribution in [3.8, 4) is 5.75 Å². The molecule has 1 aromatic heterocycles. The number of hydrogen-bond donors (Lipinski definition) is 1. The Morgan fingerprint density at radius 1 is 1.21 bits per heavy atom.